The van der Waals surface area contributed by atoms with Crippen molar-refractivity contribution in [2.24, 2.45) is 11.5 Å². The van der Waals surface area contributed by atoms with Gasteiger partial charge in [-0.15, -0.1) is 0 Å². The molecule has 0 spiro atoms. The highest BCUT2D eigenvalue weighted by atomic mass is 15.3. The van der Waals surface area contributed by atoms with Gasteiger partial charge in [-0.25, -0.2) is 0 Å². The number of hydrogen-bond donors (Lipinski definition) is 2. The first kappa shape index (κ1) is 8.88. The molecular formula is C6H17N3. The molecule has 0 saturated heterocycles. The monoisotopic (exact) mass is 131 g/mol. The highest BCUT2D eigenvalue weighted by molar-refractivity contribution is 4.61. The predicted molar refractivity (Wildman–Crippen MR) is 39.7 cm³/mol. The van der Waals surface area contributed by atoms with Gasteiger partial charge in [-0.2, -0.15) is 0 Å². The lowest BCUT2D eigenvalue weighted by Crippen LogP contribution is -2.48. The maximum atomic E-state index is 5.59. The fraction of sp³-hybridized carbons (Fsp3) is 1.00. The van der Waals surface area contributed by atoms with E-state index in [0.29, 0.717) is 0 Å². The van der Waals surface area contributed by atoms with Gasteiger partial charge < -0.3 is 11.5 Å². The molecule has 0 aliphatic carbocycles. The van der Waals surface area contributed by atoms with Gasteiger partial charge in [0.05, 0.1) is 12.3 Å². The third-order valence-electron chi connectivity index (χ3n) is 1.41. The number of nitrogens with two attached hydrogens (primary N) is 2. The lowest BCUT2D eigenvalue weighted by molar-refractivity contribution is 0.169. The molecule has 0 aromatic carbocycles. The Hall–Kier alpha value is -0.120. The van der Waals surface area contributed by atoms with Crippen LogP contribution in [0, 0.1) is 0 Å². The van der Waals surface area contributed by atoms with Crippen LogP contribution in [0.3, 0.4) is 0 Å². The van der Waals surface area contributed by atoms with Crippen LogP contribution < -0.4 is 11.5 Å². The molecular weight excluding hydrogens is 114 g/mol. The second-order valence-corrected chi connectivity index (χ2v) is 2.31. The molecule has 0 bridgehead atoms. The van der Waals surface area contributed by atoms with Crippen molar-refractivity contribution in [3.05, 3.63) is 0 Å². The highest BCUT2D eigenvalue weighted by Crippen LogP contribution is 1.94. The average Bonchev–Trinajstić information content (AvgIpc) is 1.64. The Balaban J connectivity index is 3.68. The van der Waals surface area contributed by atoms with E-state index in [9.17, 15) is 0 Å². The molecule has 0 heterocycles. The van der Waals surface area contributed by atoms with E-state index < -0.39 is 0 Å². The minimum atomic E-state index is 0.0648. The Bertz CT molecular complexity index is 62.7. The molecule has 0 aromatic heterocycles. The van der Waals surface area contributed by atoms with E-state index in [-0.39, 0.29) is 12.3 Å². The van der Waals surface area contributed by atoms with Crippen molar-refractivity contribution in [1.29, 1.82) is 0 Å². The summed E-state index contributed by atoms with van der Waals surface area (Å²) in [6, 6.07) is 0. The SMILES string of the molecule is CCN(C(C)N)C(C)N. The fourth-order valence-electron chi connectivity index (χ4n) is 0.947. The van der Waals surface area contributed by atoms with E-state index in [4.69, 9.17) is 11.5 Å². The zero-order valence-electron chi connectivity index (χ0n) is 6.46. The Morgan fingerprint density at radius 2 is 1.56 bits per heavy atom. The smallest absolute Gasteiger partial charge is 0.0556 e. The van der Waals surface area contributed by atoms with Gasteiger partial charge in [0.1, 0.15) is 0 Å². The molecule has 0 aliphatic rings. The van der Waals surface area contributed by atoms with Crippen molar-refractivity contribution in [2.45, 2.75) is 33.1 Å². The summed E-state index contributed by atoms with van der Waals surface area (Å²) in [5, 5.41) is 0. The summed E-state index contributed by atoms with van der Waals surface area (Å²) < 4.78 is 0. The van der Waals surface area contributed by atoms with Crippen LogP contribution in [0.15, 0.2) is 0 Å². The summed E-state index contributed by atoms with van der Waals surface area (Å²) in [5.41, 5.74) is 11.2. The summed E-state index contributed by atoms with van der Waals surface area (Å²) in [4.78, 5) is 2.01. The quantitative estimate of drug-likeness (QED) is 0.527. The topological polar surface area (TPSA) is 55.3 Å². The molecule has 0 fully saturated rings. The molecule has 0 saturated carbocycles. The van der Waals surface area contributed by atoms with E-state index in [1.165, 1.54) is 0 Å². The first-order chi connectivity index (χ1) is 4.09. The van der Waals surface area contributed by atoms with Gasteiger partial charge >= 0.3 is 0 Å². The van der Waals surface area contributed by atoms with Crippen LogP contribution in [-0.4, -0.2) is 23.8 Å². The molecule has 0 aromatic rings. The first-order valence-electron chi connectivity index (χ1n) is 3.36. The maximum Gasteiger partial charge on any atom is 0.0556 e. The van der Waals surface area contributed by atoms with Crippen LogP contribution in [0.1, 0.15) is 20.8 Å². The summed E-state index contributed by atoms with van der Waals surface area (Å²) in [5.74, 6) is 0. The zero-order chi connectivity index (χ0) is 7.44. The molecule has 0 rings (SSSR count). The molecule has 56 valence electrons. The molecule has 4 N–H and O–H groups in total. The summed E-state index contributed by atoms with van der Waals surface area (Å²) in [6.45, 7) is 6.84. The Morgan fingerprint density at radius 1 is 1.22 bits per heavy atom. The number of rotatable bonds is 3. The van der Waals surface area contributed by atoms with Crippen molar-refractivity contribution in [3.8, 4) is 0 Å². The van der Waals surface area contributed by atoms with Crippen molar-refractivity contribution < 1.29 is 0 Å². The van der Waals surface area contributed by atoms with E-state index >= 15 is 0 Å². The van der Waals surface area contributed by atoms with E-state index in [0.717, 1.165) is 6.54 Å². The summed E-state index contributed by atoms with van der Waals surface area (Å²) in [7, 11) is 0. The lowest BCUT2D eigenvalue weighted by atomic mass is 10.4. The van der Waals surface area contributed by atoms with Crippen LogP contribution in [0.25, 0.3) is 0 Å². The molecule has 3 nitrogen and oxygen atoms in total. The third kappa shape index (κ3) is 2.79. The fourth-order valence-corrected chi connectivity index (χ4v) is 0.947. The molecule has 2 atom stereocenters. The van der Waals surface area contributed by atoms with Gasteiger partial charge in [0, 0.05) is 0 Å². The van der Waals surface area contributed by atoms with Crippen LogP contribution in [0.5, 0.6) is 0 Å². The van der Waals surface area contributed by atoms with E-state index in [1.807, 2.05) is 25.7 Å². The Kier molecular flexibility index (Phi) is 3.77. The second-order valence-electron chi connectivity index (χ2n) is 2.31. The van der Waals surface area contributed by atoms with Gasteiger partial charge in [0.25, 0.3) is 0 Å². The van der Waals surface area contributed by atoms with Crippen molar-refractivity contribution >= 4 is 0 Å². The van der Waals surface area contributed by atoms with Crippen LogP contribution >= 0.6 is 0 Å². The minimum Gasteiger partial charge on any atom is -0.316 e. The third-order valence-corrected chi connectivity index (χ3v) is 1.41. The molecule has 0 amide bonds. The first-order valence-corrected chi connectivity index (χ1v) is 3.36. The van der Waals surface area contributed by atoms with Gasteiger partial charge in [-0.3, -0.25) is 4.90 Å². The summed E-state index contributed by atoms with van der Waals surface area (Å²) >= 11 is 0. The van der Waals surface area contributed by atoms with Gasteiger partial charge in [0.2, 0.25) is 0 Å². The van der Waals surface area contributed by atoms with E-state index in [1.54, 1.807) is 0 Å². The Labute approximate surface area is 57.0 Å². The van der Waals surface area contributed by atoms with Crippen molar-refractivity contribution in [1.82, 2.24) is 4.90 Å². The van der Waals surface area contributed by atoms with Crippen molar-refractivity contribution in [3.63, 3.8) is 0 Å². The molecule has 0 aliphatic heterocycles. The van der Waals surface area contributed by atoms with Crippen LogP contribution in [0.2, 0.25) is 0 Å². The van der Waals surface area contributed by atoms with E-state index in [2.05, 4.69) is 0 Å². The van der Waals surface area contributed by atoms with Crippen LogP contribution in [0.4, 0.5) is 0 Å². The zero-order valence-corrected chi connectivity index (χ0v) is 6.46. The van der Waals surface area contributed by atoms with Gasteiger partial charge in [-0.05, 0) is 20.4 Å². The lowest BCUT2D eigenvalue weighted by Gasteiger charge is -2.27. The highest BCUT2D eigenvalue weighted by Gasteiger charge is 2.09. The summed E-state index contributed by atoms with van der Waals surface area (Å²) in [6.07, 6.45) is 0.130. The largest absolute Gasteiger partial charge is 0.316 e. The maximum absolute atomic E-state index is 5.59. The van der Waals surface area contributed by atoms with Gasteiger partial charge in [-0.1, -0.05) is 6.92 Å². The minimum absolute atomic E-state index is 0.0648. The predicted octanol–water partition coefficient (Wildman–Crippen LogP) is -0.0823. The standard InChI is InChI=1S/C6H17N3/c1-4-9(5(2)7)6(3)8/h5-6H,4,7-8H2,1-3H3. The molecule has 3 heteroatoms. The number of nitrogens with zero attached hydrogens (tertiary/aromatic N) is 1. The normalized spacial score (nSPS) is 18.0. The van der Waals surface area contributed by atoms with Crippen molar-refractivity contribution in [2.75, 3.05) is 6.54 Å². The molecule has 2 unspecified atom stereocenters. The average molecular weight is 131 g/mol. The Morgan fingerprint density at radius 3 is 1.56 bits per heavy atom. The van der Waals surface area contributed by atoms with Gasteiger partial charge in [0.15, 0.2) is 0 Å². The van der Waals surface area contributed by atoms with Crippen LogP contribution in [-0.2, 0) is 0 Å². The number of hydrogen-bond acceptors (Lipinski definition) is 3. The molecule has 0 radical (unpaired) electrons. The second kappa shape index (κ2) is 3.82. The molecule has 9 heavy (non-hydrogen) atoms.